The molecule has 1 aromatic heterocycles. The Morgan fingerprint density at radius 2 is 1.93 bits per heavy atom. The Balaban J connectivity index is 1.73. The van der Waals surface area contributed by atoms with Gasteiger partial charge in [0.05, 0.1) is 18.9 Å². The molecule has 3 aromatic rings. The molecular weight excluding hydrogens is 364 g/mol. The second-order valence-corrected chi connectivity index (χ2v) is 6.82. The quantitative estimate of drug-likeness (QED) is 0.410. The molecule has 0 spiro atoms. The first kappa shape index (κ1) is 20.4. The van der Waals surface area contributed by atoms with Gasteiger partial charge in [0.2, 0.25) is 0 Å². The van der Waals surface area contributed by atoms with E-state index in [1.54, 1.807) is 30.1 Å². The van der Waals surface area contributed by atoms with E-state index in [-0.39, 0.29) is 5.78 Å². The highest BCUT2D eigenvalue weighted by molar-refractivity contribution is 6.07. The third kappa shape index (κ3) is 4.93. The number of allylic oxidation sites excluding steroid dienone is 1. The number of nitrogens with zero attached hydrogens (tertiary/aromatic N) is 2. The number of carbonyl (C=O) groups is 1. The highest BCUT2D eigenvalue weighted by Crippen LogP contribution is 2.23. The molecule has 0 radical (unpaired) electrons. The van der Waals surface area contributed by atoms with Crippen molar-refractivity contribution in [2.24, 2.45) is 7.05 Å². The second-order valence-electron chi connectivity index (χ2n) is 6.82. The second kappa shape index (κ2) is 9.24. The van der Waals surface area contributed by atoms with Gasteiger partial charge >= 0.3 is 0 Å². The van der Waals surface area contributed by atoms with E-state index in [2.05, 4.69) is 24.2 Å². The van der Waals surface area contributed by atoms with Gasteiger partial charge in [-0.3, -0.25) is 9.48 Å². The van der Waals surface area contributed by atoms with E-state index in [4.69, 9.17) is 9.47 Å². The lowest BCUT2D eigenvalue weighted by Gasteiger charge is -2.11. The maximum absolute atomic E-state index is 12.4. The molecule has 5 heteroatoms. The van der Waals surface area contributed by atoms with Gasteiger partial charge in [0.25, 0.3) is 0 Å². The monoisotopic (exact) mass is 390 g/mol. The maximum Gasteiger partial charge on any atom is 0.189 e. The molecule has 0 saturated carbocycles. The summed E-state index contributed by atoms with van der Waals surface area (Å²) in [5, 5.41) is 4.12. The van der Waals surface area contributed by atoms with Crippen LogP contribution in [0.5, 0.6) is 11.5 Å². The van der Waals surface area contributed by atoms with Crippen LogP contribution in [0.2, 0.25) is 0 Å². The number of aromatic nitrogens is 2. The van der Waals surface area contributed by atoms with E-state index in [1.165, 1.54) is 5.56 Å². The minimum atomic E-state index is -0.0692. The summed E-state index contributed by atoms with van der Waals surface area (Å²) in [5.74, 6) is 1.49. The van der Waals surface area contributed by atoms with E-state index >= 15 is 0 Å². The van der Waals surface area contributed by atoms with E-state index in [1.807, 2.05) is 44.3 Å². The van der Waals surface area contributed by atoms with Crippen molar-refractivity contribution < 1.29 is 14.3 Å². The molecule has 3 rings (SSSR count). The molecule has 0 aliphatic rings. The lowest BCUT2D eigenvalue weighted by atomic mass is 10.1. The van der Waals surface area contributed by atoms with Gasteiger partial charge in [-0.2, -0.15) is 5.10 Å². The van der Waals surface area contributed by atoms with Gasteiger partial charge in [0, 0.05) is 18.3 Å². The molecule has 0 saturated heterocycles. The number of rotatable bonds is 8. The predicted octanol–water partition coefficient (Wildman–Crippen LogP) is 4.77. The number of carbonyl (C=O) groups excluding carboxylic acids is 1. The van der Waals surface area contributed by atoms with Crippen LogP contribution in [0.25, 0.3) is 6.08 Å². The number of hydrogen-bond donors (Lipinski definition) is 0. The highest BCUT2D eigenvalue weighted by atomic mass is 16.5. The zero-order valence-corrected chi connectivity index (χ0v) is 17.3. The van der Waals surface area contributed by atoms with E-state index in [0.717, 1.165) is 34.7 Å². The van der Waals surface area contributed by atoms with Crippen molar-refractivity contribution in [2.75, 3.05) is 7.11 Å². The molecule has 0 aliphatic heterocycles. The summed E-state index contributed by atoms with van der Waals surface area (Å²) >= 11 is 0. The minimum Gasteiger partial charge on any atom is -0.496 e. The Morgan fingerprint density at radius 1 is 1.17 bits per heavy atom. The van der Waals surface area contributed by atoms with E-state index in [9.17, 15) is 4.79 Å². The molecule has 2 aromatic carbocycles. The van der Waals surface area contributed by atoms with Crippen LogP contribution in [-0.2, 0) is 20.1 Å². The van der Waals surface area contributed by atoms with Crippen molar-refractivity contribution in [1.29, 1.82) is 0 Å². The van der Waals surface area contributed by atoms with Gasteiger partial charge < -0.3 is 9.47 Å². The van der Waals surface area contributed by atoms with Crippen molar-refractivity contribution >= 4 is 11.9 Å². The van der Waals surface area contributed by atoms with Crippen LogP contribution in [0, 0.1) is 6.92 Å². The predicted molar refractivity (Wildman–Crippen MR) is 114 cm³/mol. The Morgan fingerprint density at radius 3 is 2.55 bits per heavy atom. The van der Waals surface area contributed by atoms with Crippen molar-refractivity contribution in [3.63, 3.8) is 0 Å². The van der Waals surface area contributed by atoms with Crippen LogP contribution in [0.15, 0.2) is 54.7 Å². The Kier molecular flexibility index (Phi) is 6.50. The average molecular weight is 390 g/mol. The summed E-state index contributed by atoms with van der Waals surface area (Å²) in [5.41, 5.74) is 4.55. The molecule has 0 atom stereocenters. The zero-order valence-electron chi connectivity index (χ0n) is 17.3. The van der Waals surface area contributed by atoms with Gasteiger partial charge in [0.15, 0.2) is 5.78 Å². The maximum atomic E-state index is 12.4. The zero-order chi connectivity index (χ0) is 20.8. The first-order valence-electron chi connectivity index (χ1n) is 9.61. The van der Waals surface area contributed by atoms with Crippen molar-refractivity contribution in [2.45, 2.75) is 26.9 Å². The summed E-state index contributed by atoms with van der Waals surface area (Å²) in [6, 6.07) is 13.9. The molecule has 150 valence electrons. The van der Waals surface area contributed by atoms with E-state index < -0.39 is 0 Å². The fraction of sp³-hybridized carbons (Fsp3) is 0.250. The topological polar surface area (TPSA) is 53.3 Å². The smallest absolute Gasteiger partial charge is 0.189 e. The molecular formula is C24H26N2O3. The third-order valence-electron chi connectivity index (χ3n) is 4.96. The van der Waals surface area contributed by atoms with Crippen LogP contribution in [0.3, 0.4) is 0 Å². The minimum absolute atomic E-state index is 0.0692. The van der Waals surface area contributed by atoms with Crippen molar-refractivity contribution in [1.82, 2.24) is 9.78 Å². The van der Waals surface area contributed by atoms with Crippen molar-refractivity contribution in [3.8, 4) is 11.5 Å². The van der Waals surface area contributed by atoms with Crippen LogP contribution < -0.4 is 9.47 Å². The standard InChI is InChI=1S/C24H26N2O3/c1-5-18-6-10-21(11-7-18)29-16-20-14-19(9-13-24(20)28-4)8-12-23(27)22-15-25-26(3)17(22)2/h6-15H,5,16H2,1-4H3/b12-8+. The largest absolute Gasteiger partial charge is 0.496 e. The number of aryl methyl sites for hydroxylation is 2. The fourth-order valence-electron chi connectivity index (χ4n) is 3.00. The first-order valence-corrected chi connectivity index (χ1v) is 9.61. The number of ketones is 1. The summed E-state index contributed by atoms with van der Waals surface area (Å²) in [7, 11) is 3.46. The lowest BCUT2D eigenvalue weighted by molar-refractivity contribution is 0.104. The van der Waals surface area contributed by atoms with Gasteiger partial charge in [-0.1, -0.05) is 31.2 Å². The summed E-state index contributed by atoms with van der Waals surface area (Å²) in [6.45, 7) is 4.38. The Bertz CT molecular complexity index is 1020. The fourth-order valence-corrected chi connectivity index (χ4v) is 3.00. The van der Waals surface area contributed by atoms with Crippen LogP contribution in [0.4, 0.5) is 0 Å². The Labute approximate surface area is 171 Å². The highest BCUT2D eigenvalue weighted by Gasteiger charge is 2.10. The summed E-state index contributed by atoms with van der Waals surface area (Å²) in [4.78, 5) is 12.4. The molecule has 5 nitrogen and oxygen atoms in total. The van der Waals surface area contributed by atoms with Gasteiger partial charge in [0.1, 0.15) is 18.1 Å². The third-order valence-corrected chi connectivity index (χ3v) is 4.96. The first-order chi connectivity index (χ1) is 14.0. The van der Waals surface area contributed by atoms with E-state index in [0.29, 0.717) is 12.2 Å². The SMILES string of the molecule is CCc1ccc(OCc2cc(/C=C/C(=O)c3cnn(C)c3C)ccc2OC)cc1. The van der Waals surface area contributed by atoms with Crippen LogP contribution in [-0.4, -0.2) is 22.7 Å². The van der Waals surface area contributed by atoms with Gasteiger partial charge in [-0.25, -0.2) is 0 Å². The Hall–Kier alpha value is -3.34. The van der Waals surface area contributed by atoms with Gasteiger partial charge in [-0.05, 0) is 54.8 Å². The lowest BCUT2D eigenvalue weighted by Crippen LogP contribution is -2.00. The average Bonchev–Trinajstić information content (AvgIpc) is 3.09. The summed E-state index contributed by atoms with van der Waals surface area (Å²) < 4.78 is 13.1. The number of benzene rings is 2. The normalized spacial score (nSPS) is 11.0. The summed E-state index contributed by atoms with van der Waals surface area (Å²) in [6.07, 6.45) is 5.96. The van der Waals surface area contributed by atoms with Crippen LogP contribution in [0.1, 0.15) is 39.7 Å². The molecule has 29 heavy (non-hydrogen) atoms. The molecule has 0 N–H and O–H groups in total. The molecule has 1 heterocycles. The van der Waals surface area contributed by atoms with Gasteiger partial charge in [-0.15, -0.1) is 0 Å². The molecule has 0 aliphatic carbocycles. The molecule has 0 fully saturated rings. The number of methoxy groups -OCH3 is 1. The number of ether oxygens (including phenoxy) is 2. The van der Waals surface area contributed by atoms with Crippen molar-refractivity contribution in [3.05, 3.63) is 82.7 Å². The number of hydrogen-bond acceptors (Lipinski definition) is 4. The molecule has 0 unspecified atom stereocenters. The molecule has 0 bridgehead atoms. The van der Waals surface area contributed by atoms with Crippen LogP contribution >= 0.6 is 0 Å². The molecule has 0 amide bonds.